The van der Waals surface area contributed by atoms with Crippen molar-refractivity contribution in [2.45, 2.75) is 6.92 Å². The number of fused-ring (bicyclic) bond motifs is 1. The number of furan rings is 1. The average Bonchev–Trinajstić information content (AvgIpc) is 2.50. The number of hydrogen-bond donors (Lipinski definition) is 1. The van der Waals surface area contributed by atoms with E-state index in [0.29, 0.717) is 5.58 Å². The van der Waals surface area contributed by atoms with E-state index in [9.17, 15) is 4.39 Å². The minimum absolute atomic E-state index is 0.0318. The number of nitriles is 1. The zero-order chi connectivity index (χ0) is 10.3. The molecule has 1 aromatic carbocycles. The SMILES string of the molecule is Cc1ccc(F)c2c(C#N)c(N)oc12. The number of aryl methyl sites for hydroxylation is 1. The molecule has 0 aliphatic rings. The number of rotatable bonds is 0. The molecule has 1 aromatic heterocycles. The molecule has 70 valence electrons. The number of anilines is 1. The molecule has 2 N–H and O–H groups in total. The van der Waals surface area contributed by atoms with Crippen LogP contribution in [0.2, 0.25) is 0 Å². The van der Waals surface area contributed by atoms with Gasteiger partial charge in [0.2, 0.25) is 5.88 Å². The molecule has 3 nitrogen and oxygen atoms in total. The van der Waals surface area contributed by atoms with Gasteiger partial charge in [-0.3, -0.25) is 0 Å². The molecule has 0 amide bonds. The topological polar surface area (TPSA) is 63.0 Å². The molecular formula is C10H7FN2O. The van der Waals surface area contributed by atoms with Gasteiger partial charge in [0.1, 0.15) is 23.0 Å². The molecule has 2 rings (SSSR count). The van der Waals surface area contributed by atoms with E-state index in [2.05, 4.69) is 0 Å². The first-order valence-electron chi connectivity index (χ1n) is 4.02. The zero-order valence-corrected chi connectivity index (χ0v) is 7.47. The fourth-order valence-corrected chi connectivity index (χ4v) is 1.42. The van der Waals surface area contributed by atoms with E-state index in [1.54, 1.807) is 13.0 Å². The highest BCUT2D eigenvalue weighted by Gasteiger charge is 2.16. The summed E-state index contributed by atoms with van der Waals surface area (Å²) in [5, 5.41) is 8.94. The molecule has 0 radical (unpaired) electrons. The van der Waals surface area contributed by atoms with Crippen molar-refractivity contribution in [3.05, 3.63) is 29.1 Å². The van der Waals surface area contributed by atoms with E-state index in [1.165, 1.54) is 6.07 Å². The maximum atomic E-state index is 13.4. The Hall–Kier alpha value is -2.02. The molecule has 0 spiro atoms. The first kappa shape index (κ1) is 8.57. The van der Waals surface area contributed by atoms with E-state index in [4.69, 9.17) is 15.4 Å². The van der Waals surface area contributed by atoms with Crippen LogP contribution in [0.15, 0.2) is 16.5 Å². The predicted octanol–water partition coefficient (Wildman–Crippen LogP) is 2.33. The molecule has 0 aliphatic heterocycles. The molecule has 2 aromatic rings. The Morgan fingerprint density at radius 1 is 1.50 bits per heavy atom. The van der Waals surface area contributed by atoms with Crippen LogP contribution in [0.4, 0.5) is 10.3 Å². The fraction of sp³-hybridized carbons (Fsp3) is 0.100. The molecule has 0 atom stereocenters. The summed E-state index contributed by atoms with van der Waals surface area (Å²) < 4.78 is 18.5. The van der Waals surface area contributed by atoms with Crippen molar-refractivity contribution in [1.82, 2.24) is 0 Å². The number of nitrogen functional groups attached to an aromatic ring is 1. The lowest BCUT2D eigenvalue weighted by molar-refractivity contribution is 0.622. The van der Waals surface area contributed by atoms with Gasteiger partial charge in [-0.25, -0.2) is 4.39 Å². The quantitative estimate of drug-likeness (QED) is 0.693. The summed E-state index contributed by atoms with van der Waals surface area (Å²) in [5.41, 5.74) is 6.62. The van der Waals surface area contributed by atoms with Gasteiger partial charge in [-0.1, -0.05) is 6.07 Å². The molecule has 0 saturated heterocycles. The summed E-state index contributed by atoms with van der Waals surface area (Å²) in [5.74, 6) is -0.515. The number of benzene rings is 1. The van der Waals surface area contributed by atoms with E-state index >= 15 is 0 Å². The lowest BCUT2D eigenvalue weighted by atomic mass is 10.1. The van der Waals surface area contributed by atoms with Crippen LogP contribution < -0.4 is 5.73 Å². The van der Waals surface area contributed by atoms with Gasteiger partial charge >= 0.3 is 0 Å². The third kappa shape index (κ3) is 0.958. The van der Waals surface area contributed by atoms with Crippen molar-refractivity contribution in [3.63, 3.8) is 0 Å². The Morgan fingerprint density at radius 2 is 2.21 bits per heavy atom. The van der Waals surface area contributed by atoms with Gasteiger partial charge in [0.15, 0.2) is 0 Å². The molecule has 0 bridgehead atoms. The molecular weight excluding hydrogens is 183 g/mol. The van der Waals surface area contributed by atoms with Crippen molar-refractivity contribution in [2.24, 2.45) is 0 Å². The van der Waals surface area contributed by atoms with Gasteiger partial charge in [0, 0.05) is 0 Å². The number of hydrogen-bond acceptors (Lipinski definition) is 3. The summed E-state index contributed by atoms with van der Waals surface area (Å²) in [4.78, 5) is 0. The van der Waals surface area contributed by atoms with E-state index in [0.717, 1.165) is 5.56 Å². The third-order valence-corrected chi connectivity index (χ3v) is 2.12. The number of halogens is 1. The number of nitrogens with zero attached hydrogens (tertiary/aromatic N) is 1. The van der Waals surface area contributed by atoms with Crippen molar-refractivity contribution >= 4 is 16.9 Å². The third-order valence-electron chi connectivity index (χ3n) is 2.12. The molecule has 0 fully saturated rings. The second-order valence-electron chi connectivity index (χ2n) is 3.02. The van der Waals surface area contributed by atoms with Gasteiger partial charge in [0.05, 0.1) is 5.39 Å². The highest BCUT2D eigenvalue weighted by Crippen LogP contribution is 2.31. The molecule has 0 aliphatic carbocycles. The minimum Gasteiger partial charge on any atom is -0.439 e. The summed E-state index contributed by atoms with van der Waals surface area (Å²) in [7, 11) is 0. The zero-order valence-electron chi connectivity index (χ0n) is 7.47. The maximum absolute atomic E-state index is 13.4. The largest absolute Gasteiger partial charge is 0.439 e. The van der Waals surface area contributed by atoms with Crippen molar-refractivity contribution in [1.29, 1.82) is 5.26 Å². The molecule has 1 heterocycles. The van der Waals surface area contributed by atoms with E-state index < -0.39 is 5.82 Å². The van der Waals surface area contributed by atoms with Gasteiger partial charge < -0.3 is 10.2 Å². The van der Waals surface area contributed by atoms with Gasteiger partial charge in [-0.05, 0) is 18.6 Å². The fourth-order valence-electron chi connectivity index (χ4n) is 1.42. The van der Waals surface area contributed by atoms with Crippen LogP contribution in [0.3, 0.4) is 0 Å². The normalized spacial score (nSPS) is 10.4. The van der Waals surface area contributed by atoms with Crippen LogP contribution in [-0.2, 0) is 0 Å². The van der Waals surface area contributed by atoms with E-state index in [1.807, 2.05) is 6.07 Å². The van der Waals surface area contributed by atoms with Crippen LogP contribution in [-0.4, -0.2) is 0 Å². The lowest BCUT2D eigenvalue weighted by Crippen LogP contribution is -1.85. The molecule has 4 heteroatoms. The van der Waals surface area contributed by atoms with Crippen molar-refractivity contribution < 1.29 is 8.81 Å². The summed E-state index contributed by atoms with van der Waals surface area (Å²) in [6.45, 7) is 1.77. The monoisotopic (exact) mass is 190 g/mol. The lowest BCUT2D eigenvalue weighted by Gasteiger charge is -1.94. The molecule has 0 saturated carbocycles. The van der Waals surface area contributed by atoms with Crippen LogP contribution in [0, 0.1) is 24.1 Å². The predicted molar refractivity (Wildman–Crippen MR) is 50.0 cm³/mol. The van der Waals surface area contributed by atoms with Gasteiger partial charge in [0.25, 0.3) is 0 Å². The smallest absolute Gasteiger partial charge is 0.209 e. The number of nitrogens with two attached hydrogens (primary N) is 1. The first-order chi connectivity index (χ1) is 6.65. The van der Waals surface area contributed by atoms with Gasteiger partial charge in [-0.2, -0.15) is 5.26 Å². The molecule has 14 heavy (non-hydrogen) atoms. The van der Waals surface area contributed by atoms with Crippen LogP contribution >= 0.6 is 0 Å². The Morgan fingerprint density at radius 3 is 2.86 bits per heavy atom. The summed E-state index contributed by atoms with van der Waals surface area (Å²) >= 11 is 0. The summed E-state index contributed by atoms with van der Waals surface area (Å²) in [6, 6.07) is 4.71. The Kier molecular flexibility index (Phi) is 1.68. The average molecular weight is 190 g/mol. The Balaban J connectivity index is 3.03. The minimum atomic E-state index is -0.484. The highest BCUT2D eigenvalue weighted by atomic mass is 19.1. The van der Waals surface area contributed by atoms with E-state index in [-0.39, 0.29) is 16.8 Å². The second-order valence-corrected chi connectivity index (χ2v) is 3.02. The standard InChI is InChI=1S/C10H7FN2O/c1-5-2-3-7(11)8-6(4-12)10(13)14-9(5)8/h2-3H,13H2,1H3. The summed E-state index contributed by atoms with van der Waals surface area (Å²) in [6.07, 6.45) is 0. The van der Waals surface area contributed by atoms with Crippen molar-refractivity contribution in [3.8, 4) is 6.07 Å². The van der Waals surface area contributed by atoms with Gasteiger partial charge in [-0.15, -0.1) is 0 Å². The maximum Gasteiger partial charge on any atom is 0.209 e. The first-order valence-corrected chi connectivity index (χ1v) is 4.02. The Bertz CT molecular complexity index is 551. The molecule has 0 unspecified atom stereocenters. The van der Waals surface area contributed by atoms with Crippen LogP contribution in [0.25, 0.3) is 11.0 Å². The second kappa shape index (κ2) is 2.74. The van der Waals surface area contributed by atoms with Crippen molar-refractivity contribution in [2.75, 3.05) is 5.73 Å². The highest BCUT2D eigenvalue weighted by molar-refractivity contribution is 5.90. The van der Waals surface area contributed by atoms with Crippen LogP contribution in [0.1, 0.15) is 11.1 Å². The Labute approximate surface area is 79.5 Å². The van der Waals surface area contributed by atoms with Crippen LogP contribution in [0.5, 0.6) is 0 Å².